The molecule has 1 saturated heterocycles. The highest BCUT2D eigenvalue weighted by Gasteiger charge is 2.35. The van der Waals surface area contributed by atoms with Crippen molar-refractivity contribution in [2.75, 3.05) is 19.4 Å². The highest BCUT2D eigenvalue weighted by molar-refractivity contribution is 14.1. The topological polar surface area (TPSA) is 80.5 Å². The number of fused-ring (bicyclic) bond motifs is 3. The Bertz CT molecular complexity index is 1250. The third-order valence-corrected chi connectivity index (χ3v) is 9.01. The third kappa shape index (κ3) is 4.90. The fourth-order valence-corrected chi connectivity index (χ4v) is 5.89. The second-order valence-corrected chi connectivity index (χ2v) is 12.1. The fraction of sp³-hybridized carbons (Fsp3) is 0.522. The maximum absolute atomic E-state index is 15.2. The summed E-state index contributed by atoms with van der Waals surface area (Å²) in [6, 6.07) is 1.73. The number of hydrogen-bond acceptors (Lipinski definition) is 6. The number of piperidine rings is 1. The molecular formula is C23H27BrFIN4O3S. The van der Waals surface area contributed by atoms with Gasteiger partial charge < -0.3 is 14.7 Å². The van der Waals surface area contributed by atoms with E-state index in [9.17, 15) is 9.90 Å². The van der Waals surface area contributed by atoms with Gasteiger partial charge in [-0.25, -0.2) is 14.2 Å². The molecule has 1 aliphatic rings. The van der Waals surface area contributed by atoms with E-state index in [0.29, 0.717) is 41.2 Å². The van der Waals surface area contributed by atoms with E-state index < -0.39 is 5.60 Å². The third-order valence-electron chi connectivity index (χ3n) is 5.95. The predicted molar refractivity (Wildman–Crippen MR) is 144 cm³/mol. The average Bonchev–Trinajstić information content (AvgIpc) is 3.22. The van der Waals surface area contributed by atoms with E-state index in [-0.39, 0.29) is 30.6 Å². The minimum absolute atomic E-state index is 0.0163. The van der Waals surface area contributed by atoms with Crippen LogP contribution in [0.25, 0.3) is 21.8 Å². The zero-order valence-electron chi connectivity index (χ0n) is 19.4. The molecule has 4 rings (SSSR count). The van der Waals surface area contributed by atoms with Gasteiger partial charge in [-0.05, 0) is 90.9 Å². The molecular weight excluding hydrogens is 638 g/mol. The molecule has 0 spiro atoms. The number of nitrogens with zero attached hydrogens (tertiary/aromatic N) is 4. The number of aliphatic hydroxyl groups excluding tert-OH is 1. The molecule has 1 N–H and O–H groups in total. The van der Waals surface area contributed by atoms with Crippen LogP contribution in [0.2, 0.25) is 0 Å². The Morgan fingerprint density at radius 1 is 1.41 bits per heavy atom. The summed E-state index contributed by atoms with van der Waals surface area (Å²) in [5, 5.41) is 16.7. The van der Waals surface area contributed by atoms with Crippen LogP contribution in [-0.2, 0) is 4.74 Å². The number of hydrogen-bond donors (Lipinski definition) is 1. The number of amides is 1. The second kappa shape index (κ2) is 10.1. The first-order valence-corrected chi connectivity index (χ1v) is 14.1. The summed E-state index contributed by atoms with van der Waals surface area (Å²) in [5.41, 5.74) is 0.562. The number of aliphatic hydroxyl groups is 1. The first-order chi connectivity index (χ1) is 16.1. The maximum Gasteiger partial charge on any atom is 0.410 e. The van der Waals surface area contributed by atoms with Crippen molar-refractivity contribution in [3.05, 3.63) is 26.1 Å². The van der Waals surface area contributed by atoms with Crippen LogP contribution in [0, 0.1) is 9.39 Å². The summed E-state index contributed by atoms with van der Waals surface area (Å²) < 4.78 is 23.9. The molecule has 3 heterocycles. The van der Waals surface area contributed by atoms with Gasteiger partial charge in [0.15, 0.2) is 5.82 Å². The SMILES string of the molecule is CSc1nc2c(F)c(Br)c(I)cc2c2c1cnn2[C@H]1CCN(C(=O)OC(C)(C)C)[C@H](CCO)C1. The van der Waals surface area contributed by atoms with E-state index in [1.165, 1.54) is 11.8 Å². The molecule has 0 bridgehead atoms. The largest absolute Gasteiger partial charge is 0.444 e. The average molecular weight is 665 g/mol. The summed E-state index contributed by atoms with van der Waals surface area (Å²) in [5.74, 6) is -0.384. The molecule has 11 heteroatoms. The number of halogens is 3. The molecule has 7 nitrogen and oxygen atoms in total. The van der Waals surface area contributed by atoms with Gasteiger partial charge in [0.25, 0.3) is 0 Å². The van der Waals surface area contributed by atoms with Crippen LogP contribution in [0.3, 0.4) is 0 Å². The Morgan fingerprint density at radius 3 is 2.79 bits per heavy atom. The fourth-order valence-electron chi connectivity index (χ4n) is 4.49. The highest BCUT2D eigenvalue weighted by Crippen LogP contribution is 2.39. The van der Waals surface area contributed by atoms with E-state index in [0.717, 1.165) is 19.5 Å². The number of benzene rings is 1. The Kier molecular flexibility index (Phi) is 7.66. The molecule has 3 aromatic rings. The first kappa shape index (κ1) is 25.9. The number of thioether (sulfide) groups is 1. The standard InChI is InChI=1S/C23H27BrFIN4O3S/c1-23(2,3)33-22(32)29-7-5-13(9-12(29)6-8-31)30-20-14-10-16(26)17(24)18(25)19(14)28-21(34-4)15(20)11-27-30/h10-13,31H,5-9H2,1-4H3/t12-,13+/m1/s1. The van der Waals surface area contributed by atoms with Crippen molar-refractivity contribution in [3.63, 3.8) is 0 Å². The molecule has 2 atom stereocenters. The molecule has 1 amide bonds. The molecule has 0 aliphatic carbocycles. The lowest BCUT2D eigenvalue weighted by Crippen LogP contribution is -2.48. The highest BCUT2D eigenvalue weighted by atomic mass is 127. The Morgan fingerprint density at radius 2 is 2.15 bits per heavy atom. The zero-order chi connectivity index (χ0) is 24.8. The molecule has 1 fully saturated rings. The monoisotopic (exact) mass is 664 g/mol. The van der Waals surface area contributed by atoms with Gasteiger partial charge in [0.2, 0.25) is 0 Å². The van der Waals surface area contributed by atoms with E-state index in [2.05, 4.69) is 43.5 Å². The van der Waals surface area contributed by atoms with E-state index in [4.69, 9.17) is 9.84 Å². The van der Waals surface area contributed by atoms with E-state index in [1.807, 2.05) is 37.8 Å². The van der Waals surface area contributed by atoms with Crippen LogP contribution >= 0.6 is 50.3 Å². The smallest absolute Gasteiger partial charge is 0.410 e. The van der Waals surface area contributed by atoms with E-state index >= 15 is 4.39 Å². The molecule has 0 radical (unpaired) electrons. The summed E-state index contributed by atoms with van der Waals surface area (Å²) in [6.45, 7) is 5.99. The first-order valence-electron chi connectivity index (χ1n) is 11.0. The molecule has 0 unspecified atom stereocenters. The lowest BCUT2D eigenvalue weighted by atomic mass is 9.95. The Balaban J connectivity index is 1.78. The summed E-state index contributed by atoms with van der Waals surface area (Å²) in [6.07, 6.45) is 5.09. The lowest BCUT2D eigenvalue weighted by molar-refractivity contribution is 0.00177. The van der Waals surface area contributed by atoms with Gasteiger partial charge in [-0.2, -0.15) is 5.10 Å². The quantitative estimate of drug-likeness (QED) is 0.205. The zero-order valence-corrected chi connectivity index (χ0v) is 24.0. The minimum Gasteiger partial charge on any atom is -0.444 e. The molecule has 184 valence electrons. The van der Waals surface area contributed by atoms with Crippen molar-refractivity contribution >= 4 is 78.2 Å². The number of carbonyl (C=O) groups excluding carboxylic acids is 1. The maximum atomic E-state index is 15.2. The van der Waals surface area contributed by atoms with Crippen LogP contribution < -0.4 is 0 Å². The molecule has 34 heavy (non-hydrogen) atoms. The van der Waals surface area contributed by atoms with E-state index in [1.54, 1.807) is 11.1 Å². The van der Waals surface area contributed by atoms with Gasteiger partial charge in [-0.1, -0.05) is 0 Å². The number of carbonyl (C=O) groups is 1. The molecule has 1 aromatic carbocycles. The van der Waals surface area contributed by atoms with Crippen molar-refractivity contribution in [1.82, 2.24) is 19.7 Å². The van der Waals surface area contributed by atoms with Crippen molar-refractivity contribution in [3.8, 4) is 0 Å². The van der Waals surface area contributed by atoms with Crippen LogP contribution in [0.1, 0.15) is 46.1 Å². The van der Waals surface area contributed by atoms with Crippen molar-refractivity contribution in [2.45, 2.75) is 62.7 Å². The summed E-state index contributed by atoms with van der Waals surface area (Å²) in [7, 11) is 0. The number of pyridine rings is 1. The molecule has 0 saturated carbocycles. The van der Waals surface area contributed by atoms with Crippen molar-refractivity contribution in [2.24, 2.45) is 0 Å². The normalized spacial score (nSPS) is 19.2. The molecule has 2 aromatic heterocycles. The Labute approximate surface area is 224 Å². The number of rotatable bonds is 4. The summed E-state index contributed by atoms with van der Waals surface area (Å²) >= 11 is 6.91. The van der Waals surface area contributed by atoms with Crippen LogP contribution in [0.15, 0.2) is 21.8 Å². The molecule has 1 aliphatic heterocycles. The van der Waals surface area contributed by atoms with Crippen LogP contribution in [-0.4, -0.2) is 61.9 Å². The Hall–Kier alpha value is -1.18. The van der Waals surface area contributed by atoms with Gasteiger partial charge in [0.1, 0.15) is 16.1 Å². The van der Waals surface area contributed by atoms with Crippen molar-refractivity contribution in [1.29, 1.82) is 0 Å². The van der Waals surface area contributed by atoms with Gasteiger partial charge in [0, 0.05) is 28.1 Å². The second-order valence-electron chi connectivity index (χ2n) is 9.37. The number of likely N-dealkylation sites (tertiary alicyclic amines) is 1. The predicted octanol–water partition coefficient (Wildman–Crippen LogP) is 6.14. The summed E-state index contributed by atoms with van der Waals surface area (Å²) in [4.78, 5) is 19.1. The van der Waals surface area contributed by atoms with Gasteiger partial charge in [-0.3, -0.25) is 4.68 Å². The van der Waals surface area contributed by atoms with Gasteiger partial charge in [-0.15, -0.1) is 11.8 Å². The lowest BCUT2D eigenvalue weighted by Gasteiger charge is -2.40. The van der Waals surface area contributed by atoms with Gasteiger partial charge >= 0.3 is 6.09 Å². The van der Waals surface area contributed by atoms with Gasteiger partial charge in [0.05, 0.1) is 27.6 Å². The number of ether oxygens (including phenoxy) is 1. The van der Waals surface area contributed by atoms with Crippen molar-refractivity contribution < 1.29 is 19.0 Å². The van der Waals surface area contributed by atoms with Crippen LogP contribution in [0.4, 0.5) is 9.18 Å². The van der Waals surface area contributed by atoms with Crippen LogP contribution in [0.5, 0.6) is 0 Å². The minimum atomic E-state index is -0.592. The number of aromatic nitrogens is 3.